The largest absolute Gasteiger partial charge is 0.478 e. The number of carboxylic acid groups (broad SMARTS) is 1. The van der Waals surface area contributed by atoms with Crippen LogP contribution in [-0.4, -0.2) is 27.8 Å². The third-order valence-electron chi connectivity index (χ3n) is 1.77. The fraction of sp³-hybridized carbons (Fsp3) is 0.364. The summed E-state index contributed by atoms with van der Waals surface area (Å²) >= 11 is 12.0. The molecule has 10 heteroatoms. The molecule has 2 N–H and O–H groups in total. The lowest BCUT2D eigenvalue weighted by Gasteiger charge is -2.18. The lowest BCUT2D eigenvalue weighted by atomic mass is 10.2. The van der Waals surface area contributed by atoms with Crippen molar-refractivity contribution in [2.45, 2.75) is 26.4 Å². The predicted molar refractivity (Wildman–Crippen MR) is 85.5 cm³/mol. The van der Waals surface area contributed by atoms with Gasteiger partial charge in [-0.05, 0) is 20.8 Å². The number of carbonyl (C=O) groups is 2. The van der Waals surface area contributed by atoms with Crippen LogP contribution < -0.4 is 5.32 Å². The molecule has 0 atom stereocenters. The lowest BCUT2D eigenvalue weighted by molar-refractivity contribution is -0.130. The van der Waals surface area contributed by atoms with E-state index < -0.39 is 22.2 Å². The molecule has 1 rings (SSSR count). The number of carbonyl (C=O) groups excluding carboxylic acids is 1. The summed E-state index contributed by atoms with van der Waals surface area (Å²) in [6, 6.07) is 0. The van der Waals surface area contributed by atoms with E-state index in [4.69, 9.17) is 33.0 Å². The molecule has 0 saturated carbocycles. The van der Waals surface area contributed by atoms with Crippen LogP contribution in [-0.2, 0) is 9.53 Å². The van der Waals surface area contributed by atoms with E-state index in [9.17, 15) is 9.59 Å². The van der Waals surface area contributed by atoms with Crippen molar-refractivity contribution in [1.29, 1.82) is 0 Å². The Bertz CT molecular complexity index is 562. The van der Waals surface area contributed by atoms with Gasteiger partial charge in [0.25, 0.3) is 0 Å². The SMILES string of the molecule is CC(C)(C)OC(=O)Nc1nc(C(C(=O)O)=C(Cl)Cl)cs1.Cl. The standard InChI is InChI=1S/C11H12Cl2N2O4S.ClH/c1-11(2,3)19-10(18)15-9-14-5(4-20-9)6(7(12)13)8(16)17;/h4H,1-3H3,(H,16,17)(H,14,15,18);1H. The molecule has 21 heavy (non-hydrogen) atoms. The summed E-state index contributed by atoms with van der Waals surface area (Å²) in [7, 11) is 0. The first-order chi connectivity index (χ1) is 9.10. The normalized spacial score (nSPS) is 10.3. The lowest BCUT2D eigenvalue weighted by Crippen LogP contribution is -2.27. The Morgan fingerprint density at radius 3 is 2.38 bits per heavy atom. The molecular formula is C11H13Cl3N2O4S. The Kier molecular flexibility index (Phi) is 7.46. The number of carboxylic acids is 1. The van der Waals surface area contributed by atoms with Gasteiger partial charge in [-0.3, -0.25) is 5.32 Å². The Labute approximate surface area is 141 Å². The minimum absolute atomic E-state index is 0. The number of halogens is 3. The highest BCUT2D eigenvalue weighted by molar-refractivity contribution is 7.14. The van der Waals surface area contributed by atoms with E-state index >= 15 is 0 Å². The number of nitrogens with zero attached hydrogens (tertiary/aromatic N) is 1. The van der Waals surface area contributed by atoms with Crippen LogP contribution in [0.15, 0.2) is 9.87 Å². The van der Waals surface area contributed by atoms with Crippen molar-refractivity contribution < 1.29 is 19.4 Å². The maximum absolute atomic E-state index is 11.5. The van der Waals surface area contributed by atoms with E-state index in [1.54, 1.807) is 20.8 Å². The first-order valence-electron chi connectivity index (χ1n) is 5.34. The number of aliphatic carboxylic acids is 1. The van der Waals surface area contributed by atoms with Crippen LogP contribution in [0, 0.1) is 0 Å². The van der Waals surface area contributed by atoms with Crippen LogP contribution in [0.25, 0.3) is 5.57 Å². The zero-order chi connectivity index (χ0) is 15.5. The number of thiazole rings is 1. The topological polar surface area (TPSA) is 88.5 Å². The van der Waals surface area contributed by atoms with E-state index in [0.717, 1.165) is 11.3 Å². The van der Waals surface area contributed by atoms with Crippen molar-refractivity contribution in [3.8, 4) is 0 Å². The van der Waals surface area contributed by atoms with Crippen molar-refractivity contribution in [1.82, 2.24) is 4.98 Å². The quantitative estimate of drug-likeness (QED) is 0.775. The predicted octanol–water partition coefficient (Wildman–Crippen LogP) is 4.14. The maximum atomic E-state index is 11.5. The van der Waals surface area contributed by atoms with Gasteiger partial charge in [-0.2, -0.15) is 0 Å². The molecule has 0 unspecified atom stereocenters. The molecule has 0 aliphatic heterocycles. The molecule has 6 nitrogen and oxygen atoms in total. The van der Waals surface area contributed by atoms with E-state index in [0.29, 0.717) is 0 Å². The number of hydrogen-bond donors (Lipinski definition) is 2. The molecule has 1 aromatic heterocycles. The molecule has 1 heterocycles. The van der Waals surface area contributed by atoms with Crippen LogP contribution in [0.4, 0.5) is 9.93 Å². The second-order valence-corrected chi connectivity index (χ2v) is 6.41. The highest BCUT2D eigenvalue weighted by Crippen LogP contribution is 2.27. The van der Waals surface area contributed by atoms with E-state index in [1.165, 1.54) is 5.38 Å². The molecule has 0 aliphatic carbocycles. The van der Waals surface area contributed by atoms with Crippen molar-refractivity contribution in [3.05, 3.63) is 15.6 Å². The van der Waals surface area contributed by atoms with Crippen molar-refractivity contribution in [2.75, 3.05) is 5.32 Å². The number of hydrogen-bond acceptors (Lipinski definition) is 5. The second-order valence-electron chi connectivity index (χ2n) is 4.61. The first-order valence-corrected chi connectivity index (χ1v) is 6.98. The van der Waals surface area contributed by atoms with E-state index in [-0.39, 0.29) is 28.8 Å². The summed E-state index contributed by atoms with van der Waals surface area (Å²) in [5.41, 5.74) is -0.911. The fourth-order valence-electron chi connectivity index (χ4n) is 1.12. The summed E-state index contributed by atoms with van der Waals surface area (Å²) in [6.45, 7) is 5.16. The summed E-state index contributed by atoms with van der Waals surface area (Å²) in [4.78, 5) is 26.4. The van der Waals surface area contributed by atoms with Crippen LogP contribution in [0.5, 0.6) is 0 Å². The molecule has 118 valence electrons. The fourth-order valence-corrected chi connectivity index (χ4v) is 2.17. The van der Waals surface area contributed by atoms with Gasteiger partial charge in [-0.1, -0.05) is 23.2 Å². The molecule has 1 amide bonds. The van der Waals surface area contributed by atoms with Gasteiger partial charge in [0.1, 0.15) is 15.7 Å². The molecule has 0 radical (unpaired) electrons. The first kappa shape index (κ1) is 20.0. The van der Waals surface area contributed by atoms with Gasteiger partial charge in [0, 0.05) is 5.38 Å². The molecule has 0 aromatic carbocycles. The number of ether oxygens (including phenoxy) is 1. The van der Waals surface area contributed by atoms with Crippen LogP contribution in [0.3, 0.4) is 0 Å². The number of nitrogens with one attached hydrogen (secondary N) is 1. The molecule has 0 aliphatic rings. The Hall–Kier alpha value is -1.02. The highest BCUT2D eigenvalue weighted by Gasteiger charge is 2.20. The molecule has 0 saturated heterocycles. The third-order valence-corrected chi connectivity index (χ3v) is 2.91. The number of amides is 1. The van der Waals surface area contributed by atoms with Crippen molar-refractivity contribution in [3.63, 3.8) is 0 Å². The average Bonchev–Trinajstić information content (AvgIpc) is 2.61. The summed E-state index contributed by atoms with van der Waals surface area (Å²) in [6.07, 6.45) is -0.684. The highest BCUT2D eigenvalue weighted by atomic mass is 35.5. The molecule has 1 aromatic rings. The second kappa shape index (κ2) is 7.84. The molecule has 0 spiro atoms. The average molecular weight is 376 g/mol. The third kappa shape index (κ3) is 6.52. The van der Waals surface area contributed by atoms with E-state index in [1.807, 2.05) is 0 Å². The van der Waals surface area contributed by atoms with Gasteiger partial charge in [0.2, 0.25) is 0 Å². The monoisotopic (exact) mass is 374 g/mol. The zero-order valence-electron chi connectivity index (χ0n) is 11.3. The van der Waals surface area contributed by atoms with Gasteiger partial charge in [-0.15, -0.1) is 23.7 Å². The smallest absolute Gasteiger partial charge is 0.413 e. The van der Waals surface area contributed by atoms with Gasteiger partial charge in [0.15, 0.2) is 5.13 Å². The van der Waals surface area contributed by atoms with Gasteiger partial charge >= 0.3 is 12.1 Å². The Morgan fingerprint density at radius 2 is 1.95 bits per heavy atom. The summed E-state index contributed by atoms with van der Waals surface area (Å²) in [5.74, 6) is -1.31. The van der Waals surface area contributed by atoms with Crippen LogP contribution >= 0.6 is 46.9 Å². The van der Waals surface area contributed by atoms with Crippen molar-refractivity contribution >= 4 is 69.7 Å². The minimum Gasteiger partial charge on any atom is -0.478 e. The Morgan fingerprint density at radius 1 is 1.38 bits per heavy atom. The van der Waals surface area contributed by atoms with Crippen molar-refractivity contribution in [2.24, 2.45) is 0 Å². The van der Waals surface area contributed by atoms with Crippen LogP contribution in [0.2, 0.25) is 0 Å². The number of anilines is 1. The van der Waals surface area contributed by atoms with E-state index in [2.05, 4.69) is 10.3 Å². The molecule has 0 fully saturated rings. The van der Waals surface area contributed by atoms with Gasteiger partial charge in [-0.25, -0.2) is 14.6 Å². The minimum atomic E-state index is -1.31. The number of aromatic nitrogens is 1. The maximum Gasteiger partial charge on any atom is 0.413 e. The van der Waals surface area contributed by atoms with Gasteiger partial charge < -0.3 is 9.84 Å². The zero-order valence-corrected chi connectivity index (χ0v) is 14.4. The summed E-state index contributed by atoms with van der Waals surface area (Å²) < 4.78 is 4.63. The number of rotatable bonds is 3. The Balaban J connectivity index is 0.00000400. The molecule has 0 bridgehead atoms. The summed E-state index contributed by atoms with van der Waals surface area (Å²) in [5, 5.41) is 13.0. The molecular weight excluding hydrogens is 363 g/mol. The van der Waals surface area contributed by atoms with Crippen LogP contribution in [0.1, 0.15) is 26.5 Å². The van der Waals surface area contributed by atoms with Gasteiger partial charge in [0.05, 0.1) is 5.69 Å².